The first-order valence-corrected chi connectivity index (χ1v) is 13.6. The van der Waals surface area contributed by atoms with E-state index in [1.165, 1.54) is 12.1 Å². The maximum atomic E-state index is 12.7. The summed E-state index contributed by atoms with van der Waals surface area (Å²) in [7, 11) is 0. The summed E-state index contributed by atoms with van der Waals surface area (Å²) in [5, 5.41) is 22.5. The van der Waals surface area contributed by atoms with Crippen LogP contribution in [0, 0.1) is 10.1 Å². The number of piperazine rings is 1. The van der Waals surface area contributed by atoms with E-state index >= 15 is 0 Å². The van der Waals surface area contributed by atoms with Crippen LogP contribution in [0.15, 0.2) is 82.4 Å². The number of carbonyl (C=O) groups excluding carboxylic acids is 2. The molecule has 1 N–H and O–H groups in total. The van der Waals surface area contributed by atoms with E-state index in [0.717, 1.165) is 17.4 Å². The molecule has 1 aromatic heterocycles. The second-order valence-corrected chi connectivity index (χ2v) is 10.2. The van der Waals surface area contributed by atoms with E-state index in [1.54, 1.807) is 36.4 Å². The number of benzene rings is 3. The van der Waals surface area contributed by atoms with Crippen LogP contribution >= 0.6 is 23.4 Å². The van der Waals surface area contributed by atoms with Gasteiger partial charge in [0.25, 0.3) is 22.7 Å². The molecular weight excluding hydrogens is 556 g/mol. The lowest BCUT2D eigenvalue weighted by Crippen LogP contribution is -2.48. The maximum absolute atomic E-state index is 12.7. The second kappa shape index (κ2) is 12.2. The Bertz CT molecular complexity index is 1520. The Balaban J connectivity index is 1.10. The number of nitrogens with one attached hydrogen (secondary N) is 1. The fraction of sp³-hybridized carbons (Fsp3) is 0.185. The van der Waals surface area contributed by atoms with Crippen molar-refractivity contribution in [1.29, 1.82) is 0 Å². The van der Waals surface area contributed by atoms with E-state index in [4.69, 9.17) is 16.0 Å². The molecule has 40 heavy (non-hydrogen) atoms. The molecule has 11 nitrogen and oxygen atoms in total. The molecule has 0 atom stereocenters. The molecule has 4 aromatic rings. The van der Waals surface area contributed by atoms with Crippen molar-refractivity contribution in [2.24, 2.45) is 0 Å². The molecule has 0 bridgehead atoms. The number of anilines is 2. The third kappa shape index (κ3) is 6.41. The molecule has 1 aliphatic heterocycles. The predicted octanol–water partition coefficient (Wildman–Crippen LogP) is 4.99. The normalized spacial score (nSPS) is 13.2. The first-order chi connectivity index (χ1) is 19.4. The van der Waals surface area contributed by atoms with Crippen molar-refractivity contribution in [3.63, 3.8) is 0 Å². The van der Waals surface area contributed by atoms with E-state index < -0.39 is 4.92 Å². The lowest BCUT2D eigenvalue weighted by molar-refractivity contribution is -0.384. The van der Waals surface area contributed by atoms with Crippen LogP contribution in [0.4, 0.5) is 17.1 Å². The third-order valence-corrected chi connectivity index (χ3v) is 7.31. The van der Waals surface area contributed by atoms with Crippen LogP contribution in [0.2, 0.25) is 5.02 Å². The van der Waals surface area contributed by atoms with Crippen molar-refractivity contribution in [3.8, 4) is 11.5 Å². The highest BCUT2D eigenvalue weighted by atomic mass is 35.5. The van der Waals surface area contributed by atoms with Gasteiger partial charge >= 0.3 is 0 Å². The quantitative estimate of drug-likeness (QED) is 0.174. The summed E-state index contributed by atoms with van der Waals surface area (Å²) in [4.78, 5) is 39.9. The maximum Gasteiger partial charge on any atom is 0.282 e. The van der Waals surface area contributed by atoms with E-state index in [0.29, 0.717) is 42.5 Å². The molecular formula is C27H23ClN6O5S. The van der Waals surface area contributed by atoms with Gasteiger partial charge in [-0.05, 0) is 54.6 Å². The molecule has 2 heterocycles. The number of nitrogens with zero attached hydrogens (tertiary/aromatic N) is 5. The first-order valence-electron chi connectivity index (χ1n) is 12.3. The molecule has 0 unspecified atom stereocenters. The minimum absolute atomic E-state index is 0.00891. The number of amides is 2. The number of halogens is 1. The zero-order valence-corrected chi connectivity index (χ0v) is 22.6. The van der Waals surface area contributed by atoms with Gasteiger partial charge in [0.2, 0.25) is 5.91 Å². The summed E-state index contributed by atoms with van der Waals surface area (Å²) >= 11 is 6.96. The van der Waals surface area contributed by atoms with Gasteiger partial charge in [0.15, 0.2) is 0 Å². The van der Waals surface area contributed by atoms with Gasteiger partial charge in [-0.1, -0.05) is 35.5 Å². The molecule has 0 spiro atoms. The van der Waals surface area contributed by atoms with Gasteiger partial charge in [0.1, 0.15) is 5.56 Å². The van der Waals surface area contributed by atoms with Crippen molar-refractivity contribution in [2.45, 2.75) is 5.22 Å². The van der Waals surface area contributed by atoms with Gasteiger partial charge in [0, 0.05) is 54.2 Å². The van der Waals surface area contributed by atoms with Crippen LogP contribution in [-0.2, 0) is 4.79 Å². The number of hydrogen-bond acceptors (Lipinski definition) is 9. The van der Waals surface area contributed by atoms with Gasteiger partial charge in [-0.15, -0.1) is 10.2 Å². The highest BCUT2D eigenvalue weighted by Gasteiger charge is 2.23. The van der Waals surface area contributed by atoms with E-state index in [-0.39, 0.29) is 39.9 Å². The Kier molecular flexibility index (Phi) is 8.27. The van der Waals surface area contributed by atoms with Crippen molar-refractivity contribution in [3.05, 3.63) is 93.5 Å². The smallest absolute Gasteiger partial charge is 0.282 e. The topological polar surface area (TPSA) is 135 Å². The molecule has 1 saturated heterocycles. The van der Waals surface area contributed by atoms with Gasteiger partial charge in [0.05, 0.1) is 10.7 Å². The van der Waals surface area contributed by atoms with E-state index in [1.807, 2.05) is 29.2 Å². The molecule has 204 valence electrons. The number of nitro benzene ring substituents is 1. The average Bonchev–Trinajstić information content (AvgIpc) is 3.46. The van der Waals surface area contributed by atoms with Gasteiger partial charge in [-0.2, -0.15) is 0 Å². The molecule has 1 fully saturated rings. The fourth-order valence-electron chi connectivity index (χ4n) is 4.21. The number of hydrogen-bond donors (Lipinski definition) is 1. The molecule has 0 aliphatic carbocycles. The van der Waals surface area contributed by atoms with E-state index in [9.17, 15) is 19.7 Å². The lowest BCUT2D eigenvalue weighted by Gasteiger charge is -2.36. The number of rotatable bonds is 8. The molecule has 3 aromatic carbocycles. The van der Waals surface area contributed by atoms with Crippen LogP contribution in [0.5, 0.6) is 0 Å². The summed E-state index contributed by atoms with van der Waals surface area (Å²) in [5.41, 5.74) is 2.33. The van der Waals surface area contributed by atoms with Crippen molar-refractivity contribution in [2.75, 3.05) is 42.1 Å². The largest absolute Gasteiger partial charge is 0.411 e. The average molecular weight is 579 g/mol. The summed E-state index contributed by atoms with van der Waals surface area (Å²) in [6, 6.07) is 20.5. The monoisotopic (exact) mass is 578 g/mol. The fourth-order valence-corrected chi connectivity index (χ4v) is 4.90. The zero-order chi connectivity index (χ0) is 28.1. The second-order valence-electron chi connectivity index (χ2n) is 8.82. The number of para-hydroxylation sites is 1. The predicted molar refractivity (Wildman–Crippen MR) is 152 cm³/mol. The summed E-state index contributed by atoms with van der Waals surface area (Å²) in [6.07, 6.45) is 0. The van der Waals surface area contributed by atoms with Crippen LogP contribution in [0.3, 0.4) is 0 Å². The van der Waals surface area contributed by atoms with Gasteiger partial charge in [-0.25, -0.2) is 0 Å². The van der Waals surface area contributed by atoms with Crippen LogP contribution in [-0.4, -0.2) is 63.8 Å². The highest BCUT2D eigenvalue weighted by Crippen LogP contribution is 2.30. The molecule has 0 radical (unpaired) electrons. The number of thioether (sulfide) groups is 1. The molecule has 2 amide bonds. The first kappa shape index (κ1) is 27.2. The Morgan fingerprint density at radius 3 is 2.38 bits per heavy atom. The Labute approximate surface area is 238 Å². The van der Waals surface area contributed by atoms with Crippen LogP contribution in [0.25, 0.3) is 11.5 Å². The summed E-state index contributed by atoms with van der Waals surface area (Å²) in [5.74, 6) is -0.243. The minimum atomic E-state index is -0.519. The number of aromatic nitrogens is 2. The standard InChI is InChI=1S/C27H23ClN6O5S/c28-19-7-5-18(6-8-19)26(36)33-15-13-32(14-16-33)21-11-9-20(10-12-21)29-24(35)17-40-27-31-30-25(39-27)22-3-1-2-4-23(22)34(37)38/h1-12H,13-17H2,(H,29,35). The van der Waals surface area contributed by atoms with Gasteiger partial charge < -0.3 is 19.5 Å². The Morgan fingerprint density at radius 2 is 1.68 bits per heavy atom. The van der Waals surface area contributed by atoms with E-state index in [2.05, 4.69) is 20.4 Å². The number of carbonyl (C=O) groups is 2. The lowest BCUT2D eigenvalue weighted by atomic mass is 10.1. The SMILES string of the molecule is O=C(CSc1nnc(-c2ccccc2[N+](=O)[O-])o1)Nc1ccc(N2CCN(C(=O)c3ccc(Cl)cc3)CC2)cc1. The third-order valence-electron chi connectivity index (χ3n) is 6.24. The molecule has 5 rings (SSSR count). The molecule has 1 aliphatic rings. The summed E-state index contributed by atoms with van der Waals surface area (Å²) in [6.45, 7) is 2.60. The minimum Gasteiger partial charge on any atom is -0.411 e. The Hall–Kier alpha value is -4.42. The molecule has 13 heteroatoms. The van der Waals surface area contributed by atoms with Gasteiger partial charge in [-0.3, -0.25) is 19.7 Å². The Morgan fingerprint density at radius 1 is 0.975 bits per heavy atom. The van der Waals surface area contributed by atoms with Crippen molar-refractivity contribution in [1.82, 2.24) is 15.1 Å². The highest BCUT2D eigenvalue weighted by molar-refractivity contribution is 7.99. The van der Waals surface area contributed by atoms with Crippen LogP contribution < -0.4 is 10.2 Å². The number of nitro groups is 1. The zero-order valence-electron chi connectivity index (χ0n) is 21.0. The van der Waals surface area contributed by atoms with Crippen LogP contribution in [0.1, 0.15) is 10.4 Å². The van der Waals surface area contributed by atoms with Crippen molar-refractivity contribution >= 4 is 52.2 Å². The van der Waals surface area contributed by atoms with Crippen molar-refractivity contribution < 1.29 is 18.9 Å². The molecule has 0 saturated carbocycles. The summed E-state index contributed by atoms with van der Waals surface area (Å²) < 4.78 is 5.52.